The Hall–Kier alpha value is -2.79. The van der Waals surface area contributed by atoms with E-state index in [0.29, 0.717) is 24.3 Å². The molecule has 5 nitrogen and oxygen atoms in total. The summed E-state index contributed by atoms with van der Waals surface area (Å²) in [5.41, 5.74) is 11.0. The van der Waals surface area contributed by atoms with Gasteiger partial charge in [0.25, 0.3) is 0 Å². The number of carboxylic acid groups (broad SMARTS) is 1. The number of carboxylic acids is 1. The minimum atomic E-state index is -0.756. The van der Waals surface area contributed by atoms with Crippen LogP contribution in [-0.2, 0) is 17.6 Å². The van der Waals surface area contributed by atoms with E-state index in [-0.39, 0.29) is 5.92 Å². The zero-order valence-electron chi connectivity index (χ0n) is 14.0. The van der Waals surface area contributed by atoms with Gasteiger partial charge in [-0.1, -0.05) is 29.8 Å². The molecule has 0 aliphatic heterocycles. The maximum Gasteiger partial charge on any atom is 0.306 e. The number of carbonyl (C=O) groups is 1. The highest BCUT2D eigenvalue weighted by molar-refractivity contribution is 6.31. The average molecular weight is 368 g/mol. The average Bonchev–Trinajstić information content (AvgIpc) is 2.65. The first-order chi connectivity index (χ1) is 12.6. The summed E-state index contributed by atoms with van der Waals surface area (Å²) in [6.07, 6.45) is 1.72. The van der Waals surface area contributed by atoms with E-state index < -0.39 is 5.97 Å². The molecule has 4 rings (SSSR count). The van der Waals surface area contributed by atoms with Crippen molar-refractivity contribution >= 4 is 39.8 Å². The molecule has 0 bridgehead atoms. The second kappa shape index (κ2) is 6.84. The van der Waals surface area contributed by atoms with Gasteiger partial charge in [0.15, 0.2) is 0 Å². The molecule has 0 saturated heterocycles. The molecule has 1 heterocycles. The summed E-state index contributed by atoms with van der Waals surface area (Å²) in [4.78, 5) is 16.2. The molecule has 1 aromatic heterocycles. The third kappa shape index (κ3) is 3.18. The number of para-hydroxylation sites is 1. The number of benzene rings is 2. The van der Waals surface area contributed by atoms with Gasteiger partial charge in [-0.25, -0.2) is 0 Å². The molecule has 2 aromatic carbocycles. The van der Waals surface area contributed by atoms with Gasteiger partial charge >= 0.3 is 5.97 Å². The lowest BCUT2D eigenvalue weighted by atomic mass is 9.85. The first kappa shape index (κ1) is 16.7. The molecule has 3 aromatic rings. The summed E-state index contributed by atoms with van der Waals surface area (Å²) in [5.74, 6) is -1.14. The van der Waals surface area contributed by atoms with Crippen molar-refractivity contribution in [1.29, 1.82) is 0 Å². The second-order valence-corrected chi connectivity index (χ2v) is 6.90. The van der Waals surface area contributed by atoms with Crippen LogP contribution in [0.4, 0.5) is 11.4 Å². The van der Waals surface area contributed by atoms with Gasteiger partial charge in [0.2, 0.25) is 0 Å². The van der Waals surface area contributed by atoms with Crippen molar-refractivity contribution in [3.05, 3.63) is 64.8 Å². The summed E-state index contributed by atoms with van der Waals surface area (Å²) < 4.78 is 0. The predicted molar refractivity (Wildman–Crippen MR) is 104 cm³/mol. The lowest BCUT2D eigenvalue weighted by Crippen LogP contribution is -2.25. The summed E-state index contributed by atoms with van der Waals surface area (Å²) in [6, 6.07) is 15.4. The van der Waals surface area contributed by atoms with E-state index in [4.69, 9.17) is 16.6 Å². The SMILES string of the molecule is O=C(O)C1CCc2nc3cc(Cl)ccc3c(NNc3ccccc3)c2C1. The molecule has 1 unspecified atom stereocenters. The number of hydrogen-bond acceptors (Lipinski definition) is 4. The Kier molecular flexibility index (Phi) is 4.39. The van der Waals surface area contributed by atoms with Crippen LogP contribution in [0.2, 0.25) is 5.02 Å². The molecule has 1 aliphatic rings. The van der Waals surface area contributed by atoms with Crippen molar-refractivity contribution in [3.8, 4) is 0 Å². The van der Waals surface area contributed by atoms with Gasteiger partial charge in [-0.15, -0.1) is 0 Å². The van der Waals surface area contributed by atoms with Crippen LogP contribution in [0.25, 0.3) is 10.9 Å². The Labute approximate surface area is 156 Å². The van der Waals surface area contributed by atoms with E-state index >= 15 is 0 Å². The Balaban J connectivity index is 1.79. The van der Waals surface area contributed by atoms with Crippen LogP contribution in [0, 0.1) is 5.92 Å². The zero-order chi connectivity index (χ0) is 18.1. The number of anilines is 2. The van der Waals surface area contributed by atoms with Gasteiger partial charge in [0, 0.05) is 21.7 Å². The molecule has 26 heavy (non-hydrogen) atoms. The largest absolute Gasteiger partial charge is 0.481 e. The predicted octanol–water partition coefficient (Wildman–Crippen LogP) is 4.52. The summed E-state index contributed by atoms with van der Waals surface area (Å²) in [6.45, 7) is 0. The molecule has 1 atom stereocenters. The number of nitrogens with one attached hydrogen (secondary N) is 2. The van der Waals surface area contributed by atoms with Crippen LogP contribution in [0.15, 0.2) is 48.5 Å². The fraction of sp³-hybridized carbons (Fsp3) is 0.200. The maximum atomic E-state index is 11.5. The van der Waals surface area contributed by atoms with Gasteiger partial charge in [0.05, 0.1) is 22.8 Å². The highest BCUT2D eigenvalue weighted by Crippen LogP contribution is 2.36. The summed E-state index contributed by atoms with van der Waals surface area (Å²) in [7, 11) is 0. The highest BCUT2D eigenvalue weighted by atomic mass is 35.5. The molecule has 0 saturated carbocycles. The maximum absolute atomic E-state index is 11.5. The Bertz CT molecular complexity index is 976. The standard InChI is InChI=1S/C20H18ClN3O2/c21-13-7-8-15-18(11-13)22-17-9-6-12(20(25)26)10-16(17)19(15)24-23-14-4-2-1-3-5-14/h1-5,7-8,11-12,23H,6,9-10H2,(H,22,24)(H,25,26). The summed E-state index contributed by atoms with van der Waals surface area (Å²) in [5, 5.41) is 11.0. The van der Waals surface area contributed by atoms with Gasteiger partial charge in [-0.2, -0.15) is 0 Å². The Morgan fingerprint density at radius 1 is 1.15 bits per heavy atom. The minimum absolute atomic E-state index is 0.383. The van der Waals surface area contributed by atoms with Gasteiger partial charge in [-0.05, 0) is 49.6 Å². The van der Waals surface area contributed by atoms with Gasteiger partial charge in [-0.3, -0.25) is 15.2 Å². The first-order valence-corrected chi connectivity index (χ1v) is 8.90. The molecular formula is C20H18ClN3O2. The van der Waals surface area contributed by atoms with Gasteiger partial charge in [0.1, 0.15) is 0 Å². The van der Waals surface area contributed by atoms with Crippen molar-refractivity contribution in [1.82, 2.24) is 4.98 Å². The van der Waals surface area contributed by atoms with E-state index in [9.17, 15) is 9.90 Å². The van der Waals surface area contributed by atoms with E-state index in [1.807, 2.05) is 48.5 Å². The van der Waals surface area contributed by atoms with Crippen molar-refractivity contribution < 1.29 is 9.90 Å². The monoisotopic (exact) mass is 367 g/mol. The van der Waals surface area contributed by atoms with E-state index in [0.717, 1.165) is 33.5 Å². The molecule has 132 valence electrons. The number of aryl methyl sites for hydroxylation is 1. The molecule has 0 spiro atoms. The number of halogens is 1. The summed E-state index contributed by atoms with van der Waals surface area (Å²) >= 11 is 6.14. The minimum Gasteiger partial charge on any atom is -0.481 e. The van der Waals surface area contributed by atoms with Gasteiger partial charge < -0.3 is 10.5 Å². The molecule has 6 heteroatoms. The number of fused-ring (bicyclic) bond motifs is 2. The van der Waals surface area contributed by atoms with Crippen molar-refractivity contribution in [3.63, 3.8) is 0 Å². The van der Waals surface area contributed by atoms with E-state index in [1.165, 1.54) is 0 Å². The van der Waals surface area contributed by atoms with Crippen LogP contribution in [0.5, 0.6) is 0 Å². The second-order valence-electron chi connectivity index (χ2n) is 6.47. The molecule has 1 aliphatic carbocycles. The molecule has 3 N–H and O–H groups in total. The lowest BCUT2D eigenvalue weighted by molar-refractivity contribution is -0.142. The number of hydrazine groups is 1. The van der Waals surface area contributed by atoms with E-state index in [2.05, 4.69) is 10.9 Å². The number of hydrogen-bond donors (Lipinski definition) is 3. The third-order valence-corrected chi connectivity index (χ3v) is 5.00. The fourth-order valence-corrected chi connectivity index (χ4v) is 3.59. The smallest absolute Gasteiger partial charge is 0.306 e. The molecular weight excluding hydrogens is 350 g/mol. The zero-order valence-corrected chi connectivity index (χ0v) is 14.8. The molecule has 0 radical (unpaired) electrons. The number of pyridine rings is 1. The Morgan fingerprint density at radius 3 is 2.73 bits per heavy atom. The van der Waals surface area contributed by atoms with Crippen molar-refractivity contribution in [2.45, 2.75) is 19.3 Å². The van der Waals surface area contributed by atoms with Crippen LogP contribution in [-0.4, -0.2) is 16.1 Å². The highest BCUT2D eigenvalue weighted by Gasteiger charge is 2.28. The lowest BCUT2D eigenvalue weighted by Gasteiger charge is -2.25. The topological polar surface area (TPSA) is 74.2 Å². The fourth-order valence-electron chi connectivity index (χ4n) is 3.42. The van der Waals surface area contributed by atoms with Crippen LogP contribution >= 0.6 is 11.6 Å². The Morgan fingerprint density at radius 2 is 1.96 bits per heavy atom. The number of nitrogens with zero attached hydrogens (tertiary/aromatic N) is 1. The van der Waals surface area contributed by atoms with Crippen LogP contribution < -0.4 is 10.9 Å². The number of aromatic nitrogens is 1. The quantitative estimate of drug-likeness (QED) is 0.591. The van der Waals surface area contributed by atoms with Crippen molar-refractivity contribution in [2.75, 3.05) is 10.9 Å². The molecule has 0 fully saturated rings. The van der Waals surface area contributed by atoms with Crippen molar-refractivity contribution in [2.24, 2.45) is 5.92 Å². The van der Waals surface area contributed by atoms with E-state index in [1.54, 1.807) is 0 Å². The van der Waals surface area contributed by atoms with Crippen LogP contribution in [0.3, 0.4) is 0 Å². The molecule has 0 amide bonds. The number of rotatable bonds is 4. The normalized spacial score (nSPS) is 16.1. The number of aliphatic carboxylic acids is 1. The third-order valence-electron chi connectivity index (χ3n) is 4.77. The van der Waals surface area contributed by atoms with Crippen LogP contribution in [0.1, 0.15) is 17.7 Å². The first-order valence-electron chi connectivity index (χ1n) is 8.52.